The molecule has 2 amide bonds. The van der Waals surface area contributed by atoms with Crippen LogP contribution < -0.4 is 5.32 Å². The summed E-state index contributed by atoms with van der Waals surface area (Å²) in [5, 5.41) is 3.22. The van der Waals surface area contributed by atoms with Crippen molar-refractivity contribution >= 4 is 6.03 Å². The van der Waals surface area contributed by atoms with Crippen LogP contribution in [0, 0.1) is 5.92 Å². The Bertz CT molecular complexity index is 584. The normalized spacial score (nSPS) is 19.4. The van der Waals surface area contributed by atoms with Crippen molar-refractivity contribution in [3.05, 3.63) is 34.9 Å². The first-order valence-electron chi connectivity index (χ1n) is 9.44. The second-order valence-electron chi connectivity index (χ2n) is 7.09. The molecule has 1 N–H and O–H groups in total. The van der Waals surface area contributed by atoms with E-state index in [0.717, 1.165) is 45.4 Å². The van der Waals surface area contributed by atoms with Crippen LogP contribution in [0.15, 0.2) is 18.2 Å². The first kappa shape index (κ1) is 18.2. The number of hydrogen-bond acceptors (Lipinski definition) is 3. The van der Waals surface area contributed by atoms with E-state index in [1.807, 2.05) is 4.90 Å². The minimum atomic E-state index is 0.0266. The van der Waals surface area contributed by atoms with Gasteiger partial charge in [-0.25, -0.2) is 4.79 Å². The quantitative estimate of drug-likeness (QED) is 0.892. The first-order chi connectivity index (χ1) is 12.2. The van der Waals surface area contributed by atoms with Crippen molar-refractivity contribution in [2.24, 2.45) is 5.92 Å². The molecule has 25 heavy (non-hydrogen) atoms. The van der Waals surface area contributed by atoms with Gasteiger partial charge in [0.25, 0.3) is 0 Å². The fraction of sp³-hybridized carbons (Fsp3) is 0.650. The maximum Gasteiger partial charge on any atom is 0.318 e. The standard InChI is InChI=1S/C20H30N2O3/c1-3-15-4-5-18-13-22(9-6-17(18)12-15)20(23)21-19(14-24-2)16-7-10-25-11-8-16/h4-5,12,16,19H,3,6-11,13-14H2,1-2H3,(H,21,23). The van der Waals surface area contributed by atoms with Gasteiger partial charge in [0.05, 0.1) is 12.6 Å². The number of fused-ring (bicyclic) bond motifs is 1. The van der Waals surface area contributed by atoms with E-state index in [-0.39, 0.29) is 12.1 Å². The van der Waals surface area contributed by atoms with E-state index in [2.05, 4.69) is 30.4 Å². The number of benzene rings is 1. The number of amides is 2. The monoisotopic (exact) mass is 346 g/mol. The molecule has 1 atom stereocenters. The molecule has 0 spiro atoms. The Morgan fingerprint density at radius 1 is 1.36 bits per heavy atom. The number of nitrogens with zero attached hydrogens (tertiary/aromatic N) is 1. The Morgan fingerprint density at radius 2 is 2.16 bits per heavy atom. The maximum absolute atomic E-state index is 12.8. The highest BCUT2D eigenvalue weighted by Gasteiger charge is 2.28. The van der Waals surface area contributed by atoms with Crippen molar-refractivity contribution in [1.82, 2.24) is 10.2 Å². The van der Waals surface area contributed by atoms with Gasteiger partial charge in [0.2, 0.25) is 0 Å². The van der Waals surface area contributed by atoms with Crippen molar-refractivity contribution in [2.45, 2.75) is 45.2 Å². The molecular weight excluding hydrogens is 316 g/mol. The summed E-state index contributed by atoms with van der Waals surface area (Å²) in [6.07, 6.45) is 3.96. The summed E-state index contributed by atoms with van der Waals surface area (Å²) < 4.78 is 10.8. The van der Waals surface area contributed by atoms with Crippen molar-refractivity contribution in [2.75, 3.05) is 33.5 Å². The zero-order chi connectivity index (χ0) is 17.6. The van der Waals surface area contributed by atoms with Gasteiger partial charge in [0.15, 0.2) is 0 Å². The van der Waals surface area contributed by atoms with Crippen LogP contribution in [0.3, 0.4) is 0 Å². The third-order valence-electron chi connectivity index (χ3n) is 5.47. The summed E-state index contributed by atoms with van der Waals surface area (Å²) in [5.41, 5.74) is 4.03. The van der Waals surface area contributed by atoms with Crippen LogP contribution >= 0.6 is 0 Å². The summed E-state index contributed by atoms with van der Waals surface area (Å²) in [6, 6.07) is 6.73. The summed E-state index contributed by atoms with van der Waals surface area (Å²) in [5.74, 6) is 0.432. The molecule has 5 heteroatoms. The summed E-state index contributed by atoms with van der Waals surface area (Å²) in [6.45, 7) is 5.75. The molecule has 2 heterocycles. The van der Waals surface area contributed by atoms with E-state index >= 15 is 0 Å². The average molecular weight is 346 g/mol. The molecular formula is C20H30N2O3. The molecule has 2 aliphatic heterocycles. The Morgan fingerprint density at radius 3 is 2.88 bits per heavy atom. The number of ether oxygens (including phenoxy) is 2. The summed E-state index contributed by atoms with van der Waals surface area (Å²) in [7, 11) is 1.70. The number of aryl methyl sites for hydroxylation is 1. The van der Waals surface area contributed by atoms with Crippen LogP contribution in [0.2, 0.25) is 0 Å². The fourth-order valence-electron chi connectivity index (χ4n) is 3.84. The number of hydrogen-bond donors (Lipinski definition) is 1. The number of carbonyl (C=O) groups excluding carboxylic acids is 1. The van der Waals surface area contributed by atoms with E-state index in [9.17, 15) is 4.79 Å². The van der Waals surface area contributed by atoms with E-state index in [1.54, 1.807) is 7.11 Å². The van der Waals surface area contributed by atoms with Crippen molar-refractivity contribution in [1.29, 1.82) is 0 Å². The molecule has 1 unspecified atom stereocenters. The lowest BCUT2D eigenvalue weighted by molar-refractivity contribution is 0.0382. The predicted molar refractivity (Wildman–Crippen MR) is 97.7 cm³/mol. The Balaban J connectivity index is 1.61. The lowest BCUT2D eigenvalue weighted by atomic mass is 9.92. The van der Waals surface area contributed by atoms with Gasteiger partial charge in [-0.1, -0.05) is 25.1 Å². The smallest absolute Gasteiger partial charge is 0.318 e. The zero-order valence-corrected chi connectivity index (χ0v) is 15.4. The molecule has 0 radical (unpaired) electrons. The number of methoxy groups -OCH3 is 1. The molecule has 138 valence electrons. The lowest BCUT2D eigenvalue weighted by Gasteiger charge is -2.34. The molecule has 0 saturated carbocycles. The second kappa shape index (κ2) is 8.68. The van der Waals surface area contributed by atoms with Crippen LogP contribution in [0.4, 0.5) is 4.79 Å². The molecule has 3 rings (SSSR count). The lowest BCUT2D eigenvalue weighted by Crippen LogP contribution is -2.51. The predicted octanol–water partition coefficient (Wildman–Crippen LogP) is 2.76. The number of urea groups is 1. The molecule has 1 fully saturated rings. The largest absolute Gasteiger partial charge is 0.383 e. The Labute approximate surface area is 150 Å². The fourth-order valence-corrected chi connectivity index (χ4v) is 3.84. The molecule has 0 bridgehead atoms. The van der Waals surface area contributed by atoms with Crippen LogP contribution in [-0.2, 0) is 28.9 Å². The number of nitrogens with one attached hydrogen (secondary N) is 1. The van der Waals surface area contributed by atoms with E-state index in [4.69, 9.17) is 9.47 Å². The van der Waals surface area contributed by atoms with E-state index in [0.29, 0.717) is 19.1 Å². The molecule has 2 aliphatic rings. The van der Waals surface area contributed by atoms with Crippen molar-refractivity contribution in [3.8, 4) is 0 Å². The van der Waals surface area contributed by atoms with Gasteiger partial charge in [-0.3, -0.25) is 0 Å². The van der Waals surface area contributed by atoms with Gasteiger partial charge in [0, 0.05) is 33.4 Å². The van der Waals surface area contributed by atoms with Gasteiger partial charge in [-0.2, -0.15) is 0 Å². The molecule has 1 saturated heterocycles. The van der Waals surface area contributed by atoms with Crippen LogP contribution in [0.5, 0.6) is 0 Å². The maximum atomic E-state index is 12.8. The van der Waals surface area contributed by atoms with Crippen LogP contribution in [-0.4, -0.2) is 50.4 Å². The Kier molecular flexibility index (Phi) is 6.32. The van der Waals surface area contributed by atoms with Crippen molar-refractivity contribution < 1.29 is 14.3 Å². The highest BCUT2D eigenvalue weighted by Crippen LogP contribution is 2.22. The SMILES string of the molecule is CCc1ccc2c(c1)CCN(C(=O)NC(COC)C1CCOCC1)C2. The summed E-state index contributed by atoms with van der Waals surface area (Å²) in [4.78, 5) is 14.7. The summed E-state index contributed by atoms with van der Waals surface area (Å²) >= 11 is 0. The van der Waals surface area contributed by atoms with E-state index < -0.39 is 0 Å². The third kappa shape index (κ3) is 4.53. The molecule has 5 nitrogen and oxygen atoms in total. The topological polar surface area (TPSA) is 50.8 Å². The van der Waals surface area contributed by atoms with E-state index in [1.165, 1.54) is 16.7 Å². The third-order valence-corrected chi connectivity index (χ3v) is 5.47. The van der Waals surface area contributed by atoms with Gasteiger partial charge >= 0.3 is 6.03 Å². The van der Waals surface area contributed by atoms with Crippen LogP contribution in [0.25, 0.3) is 0 Å². The zero-order valence-electron chi connectivity index (χ0n) is 15.4. The van der Waals surface area contributed by atoms with Gasteiger partial charge < -0.3 is 19.7 Å². The van der Waals surface area contributed by atoms with Crippen molar-refractivity contribution in [3.63, 3.8) is 0 Å². The number of carbonyl (C=O) groups is 1. The average Bonchev–Trinajstić information content (AvgIpc) is 2.67. The molecule has 1 aromatic carbocycles. The number of rotatable bonds is 5. The van der Waals surface area contributed by atoms with Gasteiger partial charge in [0.1, 0.15) is 0 Å². The van der Waals surface area contributed by atoms with Gasteiger partial charge in [-0.15, -0.1) is 0 Å². The first-order valence-corrected chi connectivity index (χ1v) is 9.44. The van der Waals surface area contributed by atoms with Crippen LogP contribution in [0.1, 0.15) is 36.5 Å². The second-order valence-corrected chi connectivity index (χ2v) is 7.09. The molecule has 0 aromatic heterocycles. The Hall–Kier alpha value is -1.59. The molecule has 0 aliphatic carbocycles. The minimum absolute atomic E-state index is 0.0266. The highest BCUT2D eigenvalue weighted by molar-refractivity contribution is 5.75. The molecule has 1 aromatic rings. The van der Waals surface area contributed by atoms with Gasteiger partial charge in [-0.05, 0) is 48.3 Å². The highest BCUT2D eigenvalue weighted by atomic mass is 16.5. The minimum Gasteiger partial charge on any atom is -0.383 e.